The molecule has 0 atom stereocenters. The van der Waals surface area contributed by atoms with E-state index in [-0.39, 0.29) is 13.1 Å². The third kappa shape index (κ3) is 9.61. The van der Waals surface area contributed by atoms with Crippen molar-refractivity contribution in [2.45, 2.75) is 85.6 Å². The second kappa shape index (κ2) is 16.9. The van der Waals surface area contributed by atoms with Crippen molar-refractivity contribution in [1.29, 1.82) is 0 Å². The first-order valence-corrected chi connectivity index (χ1v) is 17.8. The number of para-hydroxylation sites is 2. The Kier molecular flexibility index (Phi) is 13.7. The molecule has 1 heterocycles. The summed E-state index contributed by atoms with van der Waals surface area (Å²) in [6.45, 7) is 18.3. The van der Waals surface area contributed by atoms with Crippen LogP contribution in [0.4, 0.5) is 11.4 Å². The maximum atomic E-state index is 5.03. The van der Waals surface area contributed by atoms with Crippen LogP contribution in [0.1, 0.15) is 119 Å². The van der Waals surface area contributed by atoms with Gasteiger partial charge in [0.15, 0.2) is 11.6 Å². The quantitative estimate of drug-likeness (QED) is 0.126. The summed E-state index contributed by atoms with van der Waals surface area (Å²) in [4.78, 5) is 14.9. The Bertz CT molecular complexity index is 1460. The van der Waals surface area contributed by atoms with Gasteiger partial charge in [0, 0.05) is 0 Å². The standard InChI is InChI=1S/C35H43N5.2ClH.Fe/c1-23(2)28-16-12-17-29(24(3)4)34(28)36-20-32-38-33(40(39-32)22-27-14-10-9-11-15-27)21-37-35-30(25(5)6)18-13-19-31(35)26(7)8;;;/h9-21,23-26H,22H2,1-8H3;2*1H;/q;;;+2/p-2. The fourth-order valence-corrected chi connectivity index (χ4v) is 4.96. The van der Waals surface area contributed by atoms with Crippen molar-refractivity contribution in [3.63, 3.8) is 0 Å². The summed E-state index contributed by atoms with van der Waals surface area (Å²) in [5.74, 6) is 2.76. The minimum atomic E-state index is 0.194. The van der Waals surface area contributed by atoms with Crippen LogP contribution >= 0.6 is 20.2 Å². The molecule has 0 fully saturated rings. The Hall–Kier alpha value is -2.76. The summed E-state index contributed by atoms with van der Waals surface area (Å²) >= 11 is 0.194. The molecule has 3 aromatic carbocycles. The SMILES string of the molecule is CC(C)c1cccc(C(C)C)c1N=Cc1nc(C=Nc2c(C(C)C)cccc2C(C)C)n(Cc2ccccc2)n1.[Cl][Fe][Cl]. The molecule has 0 saturated carbocycles. The third-order valence-electron chi connectivity index (χ3n) is 7.20. The fourth-order valence-electron chi connectivity index (χ4n) is 4.96. The second-order valence-corrected chi connectivity index (χ2v) is 13.6. The van der Waals surface area contributed by atoms with Crippen molar-refractivity contribution in [3.8, 4) is 0 Å². The van der Waals surface area contributed by atoms with Crippen LogP contribution in [-0.2, 0) is 19.7 Å². The van der Waals surface area contributed by atoms with Crippen LogP contribution in [0.25, 0.3) is 0 Å². The Balaban J connectivity index is 0.00000162. The van der Waals surface area contributed by atoms with E-state index in [9.17, 15) is 0 Å². The Morgan fingerprint density at radius 2 is 1.07 bits per heavy atom. The molecule has 0 amide bonds. The Morgan fingerprint density at radius 1 is 0.651 bits per heavy atom. The molecule has 230 valence electrons. The van der Waals surface area contributed by atoms with Crippen molar-refractivity contribution in [3.05, 3.63) is 106 Å². The van der Waals surface area contributed by atoms with Crippen molar-refractivity contribution in [1.82, 2.24) is 14.8 Å². The Labute approximate surface area is 272 Å². The van der Waals surface area contributed by atoms with Gasteiger partial charge in [-0.2, -0.15) is 0 Å². The zero-order valence-electron chi connectivity index (χ0n) is 26.4. The zero-order valence-corrected chi connectivity index (χ0v) is 29.0. The summed E-state index contributed by atoms with van der Waals surface area (Å²) in [7, 11) is 9.53. The van der Waals surface area contributed by atoms with Gasteiger partial charge < -0.3 is 0 Å². The number of aliphatic imine (C=N–C) groups is 2. The molecule has 4 rings (SSSR count). The van der Waals surface area contributed by atoms with Crippen LogP contribution in [0, 0.1) is 0 Å². The van der Waals surface area contributed by atoms with Crippen molar-refractivity contribution in [2.24, 2.45) is 9.98 Å². The minimum absolute atomic E-state index is 0.194. The molecule has 0 aliphatic heterocycles. The average molecular weight is 661 g/mol. The van der Waals surface area contributed by atoms with Gasteiger partial charge in [0.1, 0.15) is 0 Å². The molecule has 0 unspecified atom stereocenters. The second-order valence-electron chi connectivity index (χ2n) is 11.7. The number of nitrogens with zero attached hydrogens (tertiary/aromatic N) is 5. The van der Waals surface area contributed by atoms with Crippen molar-refractivity contribution in [2.75, 3.05) is 0 Å². The summed E-state index contributed by atoms with van der Waals surface area (Å²) in [5, 5.41) is 4.86. The number of aromatic nitrogens is 3. The van der Waals surface area contributed by atoms with Crippen LogP contribution in [0.3, 0.4) is 0 Å². The molecule has 0 aliphatic carbocycles. The van der Waals surface area contributed by atoms with Gasteiger partial charge >= 0.3 is 33.3 Å². The van der Waals surface area contributed by atoms with Crippen molar-refractivity contribution >= 4 is 44.0 Å². The van der Waals surface area contributed by atoms with E-state index in [1.807, 2.05) is 29.1 Å². The summed E-state index contributed by atoms with van der Waals surface area (Å²) < 4.78 is 1.92. The molecule has 4 aromatic rings. The predicted molar refractivity (Wildman–Crippen MR) is 181 cm³/mol. The topological polar surface area (TPSA) is 55.4 Å². The normalized spacial score (nSPS) is 12.0. The summed E-state index contributed by atoms with van der Waals surface area (Å²) in [6.07, 6.45) is 3.66. The van der Waals surface area contributed by atoms with Crippen LogP contribution in [0.5, 0.6) is 0 Å². The summed E-state index contributed by atoms with van der Waals surface area (Å²) in [6, 6.07) is 23.3. The van der Waals surface area contributed by atoms with E-state index in [1.165, 1.54) is 22.3 Å². The molecule has 5 nitrogen and oxygen atoms in total. The predicted octanol–water partition coefficient (Wildman–Crippen LogP) is 10.7. The monoisotopic (exact) mass is 659 g/mol. The maximum absolute atomic E-state index is 5.03. The molecule has 0 saturated heterocycles. The van der Waals surface area contributed by atoms with E-state index in [1.54, 1.807) is 6.21 Å². The van der Waals surface area contributed by atoms with Crippen LogP contribution in [0.15, 0.2) is 76.7 Å². The van der Waals surface area contributed by atoms with Crippen LogP contribution < -0.4 is 0 Å². The number of rotatable bonds is 10. The molecule has 0 aliphatic rings. The third-order valence-corrected chi connectivity index (χ3v) is 7.20. The van der Waals surface area contributed by atoms with E-state index in [0.29, 0.717) is 41.9 Å². The van der Waals surface area contributed by atoms with E-state index >= 15 is 0 Å². The zero-order chi connectivity index (χ0) is 31.5. The number of hydrogen-bond acceptors (Lipinski definition) is 4. The van der Waals surface area contributed by atoms with Crippen molar-refractivity contribution < 1.29 is 13.1 Å². The Morgan fingerprint density at radius 3 is 1.49 bits per heavy atom. The summed E-state index contributed by atoms with van der Waals surface area (Å²) in [5.41, 5.74) is 8.16. The molecule has 43 heavy (non-hydrogen) atoms. The van der Waals surface area contributed by atoms with Gasteiger partial charge in [0.05, 0.1) is 30.3 Å². The molecule has 0 radical (unpaired) electrons. The molecule has 8 heteroatoms. The first kappa shape index (κ1) is 34.7. The van der Waals surface area contributed by atoms with E-state index in [2.05, 4.69) is 104 Å². The fraction of sp³-hybridized carbons (Fsp3) is 0.371. The van der Waals surface area contributed by atoms with E-state index < -0.39 is 0 Å². The molecule has 0 N–H and O–H groups in total. The van der Waals surface area contributed by atoms with Gasteiger partial charge in [0.25, 0.3) is 0 Å². The molecule has 0 bridgehead atoms. The van der Waals surface area contributed by atoms with Gasteiger partial charge in [-0.1, -0.05) is 122 Å². The average Bonchev–Trinajstić information content (AvgIpc) is 3.36. The van der Waals surface area contributed by atoms with E-state index in [4.69, 9.17) is 40.3 Å². The van der Waals surface area contributed by atoms with Gasteiger partial charge in [-0.25, -0.2) is 9.67 Å². The first-order chi connectivity index (χ1) is 20.6. The molecular formula is C35H43Cl2FeN5. The van der Waals surface area contributed by atoms with Gasteiger partial charge in [0.2, 0.25) is 0 Å². The van der Waals surface area contributed by atoms with Gasteiger partial charge in [-0.05, 0) is 51.5 Å². The van der Waals surface area contributed by atoms with Gasteiger partial charge in [-0.3, -0.25) is 9.98 Å². The first-order valence-electron chi connectivity index (χ1n) is 14.7. The van der Waals surface area contributed by atoms with Crippen LogP contribution in [0.2, 0.25) is 0 Å². The number of benzene rings is 3. The van der Waals surface area contributed by atoms with Gasteiger partial charge in [-0.15, -0.1) is 5.10 Å². The van der Waals surface area contributed by atoms with E-state index in [0.717, 1.165) is 16.9 Å². The number of halogens is 2. The molecule has 0 spiro atoms. The molecule has 1 aromatic heterocycles. The number of hydrogen-bond donors (Lipinski definition) is 0. The van der Waals surface area contributed by atoms with Crippen LogP contribution in [-0.4, -0.2) is 27.2 Å². The molecular weight excluding hydrogens is 617 g/mol.